The molecule has 1 amide bonds. The third kappa shape index (κ3) is 5.99. The van der Waals surface area contributed by atoms with Crippen LogP contribution in [0.1, 0.15) is 24.3 Å². The fourth-order valence-electron chi connectivity index (χ4n) is 3.13. The largest absolute Gasteiger partial charge is 0.497 e. The van der Waals surface area contributed by atoms with Crippen molar-refractivity contribution in [3.63, 3.8) is 0 Å². The molecule has 170 valence electrons. The second-order valence-electron chi connectivity index (χ2n) is 6.96. The van der Waals surface area contributed by atoms with E-state index >= 15 is 0 Å². The molecule has 7 nitrogen and oxygen atoms in total. The number of carbonyl (C=O) groups excluding carboxylic acids is 1. The Morgan fingerprint density at radius 1 is 1.03 bits per heavy atom. The summed E-state index contributed by atoms with van der Waals surface area (Å²) in [6.07, 6.45) is 0. The Bertz CT molecular complexity index is 1020. The number of carbonyl (C=O) groups is 1. The molecule has 0 atom stereocenters. The first-order valence-corrected chi connectivity index (χ1v) is 11.4. The molecule has 0 saturated heterocycles. The molecule has 0 aliphatic rings. The topological polar surface area (TPSA) is 72.9 Å². The van der Waals surface area contributed by atoms with Crippen LogP contribution in [0.15, 0.2) is 47.8 Å². The molecule has 0 aliphatic carbocycles. The van der Waals surface area contributed by atoms with E-state index in [2.05, 4.69) is 29.0 Å². The van der Waals surface area contributed by atoms with E-state index in [1.807, 2.05) is 24.3 Å². The van der Waals surface area contributed by atoms with Gasteiger partial charge in [-0.05, 0) is 49.5 Å². The second-order valence-corrected chi connectivity index (χ2v) is 7.82. The zero-order valence-electron chi connectivity index (χ0n) is 18.9. The fraction of sp³-hybridized carbons (Fsp3) is 0.333. The van der Waals surface area contributed by atoms with Gasteiger partial charge in [0.15, 0.2) is 11.5 Å². The lowest BCUT2D eigenvalue weighted by Gasteiger charge is -2.19. The van der Waals surface area contributed by atoms with E-state index in [0.717, 1.165) is 36.0 Å². The summed E-state index contributed by atoms with van der Waals surface area (Å²) in [7, 11) is 3.22. The van der Waals surface area contributed by atoms with Crippen LogP contribution in [0.3, 0.4) is 0 Å². The number of ether oxygens (including phenoxy) is 3. The average molecular weight is 456 g/mol. The van der Waals surface area contributed by atoms with E-state index < -0.39 is 0 Å². The molecule has 2 aromatic carbocycles. The minimum absolute atomic E-state index is 0.278. The van der Waals surface area contributed by atoms with Crippen molar-refractivity contribution < 1.29 is 19.0 Å². The minimum atomic E-state index is -0.278. The molecule has 0 bridgehead atoms. The van der Waals surface area contributed by atoms with Crippen LogP contribution in [0.4, 0.5) is 5.69 Å². The predicted molar refractivity (Wildman–Crippen MR) is 128 cm³/mol. The van der Waals surface area contributed by atoms with Gasteiger partial charge in [0.2, 0.25) is 0 Å². The molecule has 0 saturated carbocycles. The second kappa shape index (κ2) is 11.5. The Kier molecular flexibility index (Phi) is 8.47. The van der Waals surface area contributed by atoms with Gasteiger partial charge in [0.25, 0.3) is 5.91 Å². The van der Waals surface area contributed by atoms with Crippen LogP contribution in [-0.2, 0) is 0 Å². The van der Waals surface area contributed by atoms with Gasteiger partial charge in [-0.2, -0.15) is 0 Å². The highest BCUT2D eigenvalue weighted by atomic mass is 32.1. The normalized spacial score (nSPS) is 10.8. The first kappa shape index (κ1) is 23.6. The molecule has 0 spiro atoms. The van der Waals surface area contributed by atoms with E-state index in [4.69, 9.17) is 14.2 Å². The summed E-state index contributed by atoms with van der Waals surface area (Å²) in [5.74, 6) is 1.71. The van der Waals surface area contributed by atoms with E-state index in [1.165, 1.54) is 11.3 Å². The van der Waals surface area contributed by atoms with Crippen LogP contribution >= 0.6 is 11.3 Å². The molecule has 0 fully saturated rings. The maximum absolute atomic E-state index is 12.7. The monoisotopic (exact) mass is 455 g/mol. The first-order chi connectivity index (χ1) is 15.6. The molecule has 0 aliphatic heterocycles. The van der Waals surface area contributed by atoms with Crippen LogP contribution in [-0.4, -0.2) is 56.3 Å². The minimum Gasteiger partial charge on any atom is -0.497 e. The van der Waals surface area contributed by atoms with Gasteiger partial charge < -0.3 is 24.4 Å². The average Bonchev–Trinajstić information content (AvgIpc) is 3.33. The van der Waals surface area contributed by atoms with Gasteiger partial charge in [0.1, 0.15) is 23.1 Å². The third-order valence-corrected chi connectivity index (χ3v) is 5.95. The Morgan fingerprint density at radius 2 is 1.78 bits per heavy atom. The lowest BCUT2D eigenvalue weighted by molar-refractivity contribution is 0.102. The number of aromatic nitrogens is 1. The first-order valence-electron chi connectivity index (χ1n) is 10.5. The zero-order valence-corrected chi connectivity index (χ0v) is 19.7. The van der Waals surface area contributed by atoms with Gasteiger partial charge in [0, 0.05) is 29.2 Å². The van der Waals surface area contributed by atoms with Gasteiger partial charge in [-0.1, -0.05) is 13.8 Å². The zero-order chi connectivity index (χ0) is 22.9. The van der Waals surface area contributed by atoms with Crippen LogP contribution in [0.5, 0.6) is 17.2 Å². The number of likely N-dealkylation sites (N-methyl/N-ethyl adjacent to an activating group) is 1. The highest BCUT2D eigenvalue weighted by Gasteiger charge is 2.14. The lowest BCUT2D eigenvalue weighted by Crippen LogP contribution is -2.28. The number of nitrogens with one attached hydrogen (secondary N) is 1. The van der Waals surface area contributed by atoms with Crippen molar-refractivity contribution in [1.29, 1.82) is 0 Å². The van der Waals surface area contributed by atoms with Crippen molar-refractivity contribution in [1.82, 2.24) is 9.88 Å². The summed E-state index contributed by atoms with van der Waals surface area (Å²) in [6.45, 7) is 7.54. The van der Waals surface area contributed by atoms with E-state index in [-0.39, 0.29) is 5.91 Å². The number of amides is 1. The van der Waals surface area contributed by atoms with Crippen molar-refractivity contribution in [2.45, 2.75) is 13.8 Å². The number of benzene rings is 2. The molecule has 8 heteroatoms. The summed E-state index contributed by atoms with van der Waals surface area (Å²) in [6, 6.07) is 12.9. The van der Waals surface area contributed by atoms with Crippen LogP contribution < -0.4 is 19.5 Å². The summed E-state index contributed by atoms with van der Waals surface area (Å²) in [4.78, 5) is 19.5. The maximum atomic E-state index is 12.7. The van der Waals surface area contributed by atoms with Gasteiger partial charge in [-0.25, -0.2) is 4.98 Å². The van der Waals surface area contributed by atoms with E-state index in [1.54, 1.807) is 37.8 Å². The highest BCUT2D eigenvalue weighted by Crippen LogP contribution is 2.31. The maximum Gasteiger partial charge on any atom is 0.275 e. The molecule has 3 rings (SSSR count). The standard InChI is InChI=1S/C24H29N3O4S/c1-5-27(6-2)13-14-31-22-15-18(9-12-21(22)30-4)25-23(28)20-16-32-24(26-20)17-7-10-19(29-3)11-8-17/h7-12,15-16H,5-6,13-14H2,1-4H3,(H,25,28). The van der Waals surface area contributed by atoms with Crippen LogP contribution in [0, 0.1) is 0 Å². The van der Waals surface area contributed by atoms with E-state index in [9.17, 15) is 4.79 Å². The lowest BCUT2D eigenvalue weighted by atomic mass is 10.2. The fourth-order valence-corrected chi connectivity index (χ4v) is 3.94. The summed E-state index contributed by atoms with van der Waals surface area (Å²) >= 11 is 1.42. The van der Waals surface area contributed by atoms with Gasteiger partial charge in [-0.3, -0.25) is 4.79 Å². The van der Waals surface area contributed by atoms with Crippen molar-refractivity contribution in [2.75, 3.05) is 45.8 Å². The Labute approximate surface area is 193 Å². The number of nitrogens with zero attached hydrogens (tertiary/aromatic N) is 2. The molecule has 1 heterocycles. The van der Waals surface area contributed by atoms with Crippen LogP contribution in [0.2, 0.25) is 0 Å². The van der Waals surface area contributed by atoms with Gasteiger partial charge in [-0.15, -0.1) is 11.3 Å². The molecule has 1 N–H and O–H groups in total. The van der Waals surface area contributed by atoms with Crippen LogP contribution in [0.25, 0.3) is 10.6 Å². The SMILES string of the molecule is CCN(CC)CCOc1cc(NC(=O)c2csc(-c3ccc(OC)cc3)n2)ccc1OC. The molecule has 0 unspecified atom stereocenters. The number of hydrogen-bond acceptors (Lipinski definition) is 7. The Hall–Kier alpha value is -3.10. The Morgan fingerprint density at radius 3 is 2.44 bits per heavy atom. The van der Waals surface area contributed by atoms with Gasteiger partial charge in [0.05, 0.1) is 14.2 Å². The molecular formula is C24H29N3O4S. The highest BCUT2D eigenvalue weighted by molar-refractivity contribution is 7.13. The van der Waals surface area contributed by atoms with Crippen molar-refractivity contribution in [3.8, 4) is 27.8 Å². The quantitative estimate of drug-likeness (QED) is 0.448. The number of methoxy groups -OCH3 is 2. The summed E-state index contributed by atoms with van der Waals surface area (Å²) in [5.41, 5.74) is 1.91. The molecular weight excluding hydrogens is 426 g/mol. The van der Waals surface area contributed by atoms with Crippen molar-refractivity contribution >= 4 is 22.9 Å². The molecule has 32 heavy (non-hydrogen) atoms. The number of thiazole rings is 1. The van der Waals surface area contributed by atoms with E-state index in [0.29, 0.717) is 29.5 Å². The number of hydrogen-bond donors (Lipinski definition) is 1. The van der Waals surface area contributed by atoms with Gasteiger partial charge >= 0.3 is 0 Å². The predicted octanol–water partition coefficient (Wildman–Crippen LogP) is 4.80. The molecule has 1 aromatic heterocycles. The molecule has 3 aromatic rings. The number of rotatable bonds is 11. The van der Waals surface area contributed by atoms with Crippen molar-refractivity contribution in [3.05, 3.63) is 53.5 Å². The summed E-state index contributed by atoms with van der Waals surface area (Å²) < 4.78 is 16.5. The number of anilines is 1. The summed E-state index contributed by atoms with van der Waals surface area (Å²) in [5, 5.41) is 5.41. The molecule has 0 radical (unpaired) electrons. The smallest absolute Gasteiger partial charge is 0.275 e. The van der Waals surface area contributed by atoms with Crippen molar-refractivity contribution in [2.24, 2.45) is 0 Å². The third-order valence-electron chi connectivity index (χ3n) is 5.05. The Balaban J connectivity index is 1.67.